The first kappa shape index (κ1) is 14.8. The lowest BCUT2D eigenvalue weighted by Gasteiger charge is -2.14. The zero-order valence-electron chi connectivity index (χ0n) is 14.0. The molecule has 1 atom stereocenters. The van der Waals surface area contributed by atoms with Gasteiger partial charge in [-0.15, -0.1) is 0 Å². The van der Waals surface area contributed by atoms with E-state index < -0.39 is 0 Å². The van der Waals surface area contributed by atoms with Gasteiger partial charge in [0, 0.05) is 5.92 Å². The molecule has 0 bridgehead atoms. The van der Waals surface area contributed by atoms with Crippen molar-refractivity contribution < 1.29 is 9.47 Å². The van der Waals surface area contributed by atoms with Gasteiger partial charge in [0.05, 0.1) is 14.2 Å². The predicted molar refractivity (Wildman–Crippen MR) is 97.5 cm³/mol. The van der Waals surface area contributed by atoms with E-state index in [0.717, 1.165) is 17.9 Å². The van der Waals surface area contributed by atoms with E-state index in [1.165, 1.54) is 27.8 Å². The molecule has 2 heteroatoms. The van der Waals surface area contributed by atoms with Gasteiger partial charge in [0.25, 0.3) is 0 Å². The molecule has 120 valence electrons. The topological polar surface area (TPSA) is 18.5 Å². The first-order chi connectivity index (χ1) is 11.8. The third kappa shape index (κ3) is 2.44. The molecule has 2 aromatic carbocycles. The Morgan fingerprint density at radius 1 is 0.833 bits per heavy atom. The number of ether oxygens (including phenoxy) is 2. The Labute approximate surface area is 142 Å². The Balaban J connectivity index is 1.68. The summed E-state index contributed by atoms with van der Waals surface area (Å²) in [6.07, 6.45) is 7.67. The molecular formula is C22H20O2. The van der Waals surface area contributed by atoms with Crippen LogP contribution in [0.5, 0.6) is 11.5 Å². The molecule has 2 aliphatic carbocycles. The van der Waals surface area contributed by atoms with Crippen molar-refractivity contribution in [2.75, 3.05) is 14.2 Å². The van der Waals surface area contributed by atoms with Gasteiger partial charge < -0.3 is 9.47 Å². The minimum absolute atomic E-state index is 0.415. The second kappa shape index (κ2) is 6.04. The molecule has 0 saturated carbocycles. The fourth-order valence-electron chi connectivity index (χ4n) is 3.64. The van der Waals surface area contributed by atoms with Crippen LogP contribution < -0.4 is 9.47 Å². The lowest BCUT2D eigenvalue weighted by Crippen LogP contribution is -1.97. The third-order valence-corrected chi connectivity index (χ3v) is 4.92. The zero-order chi connectivity index (χ0) is 16.5. The van der Waals surface area contributed by atoms with Crippen LogP contribution in [0.25, 0.3) is 5.57 Å². The molecule has 2 nitrogen and oxygen atoms in total. The first-order valence-electron chi connectivity index (χ1n) is 8.20. The van der Waals surface area contributed by atoms with Crippen molar-refractivity contribution in [1.82, 2.24) is 0 Å². The van der Waals surface area contributed by atoms with Crippen LogP contribution in [0.2, 0.25) is 0 Å². The molecule has 4 rings (SSSR count). The summed E-state index contributed by atoms with van der Waals surface area (Å²) >= 11 is 0. The van der Waals surface area contributed by atoms with Crippen molar-refractivity contribution in [1.29, 1.82) is 0 Å². The highest BCUT2D eigenvalue weighted by molar-refractivity contribution is 5.83. The number of hydrogen-bond acceptors (Lipinski definition) is 2. The fraction of sp³-hybridized carbons (Fsp3) is 0.182. The molecule has 0 heterocycles. The highest BCUT2D eigenvalue weighted by atomic mass is 16.5. The Morgan fingerprint density at radius 3 is 2.08 bits per heavy atom. The largest absolute Gasteiger partial charge is 0.497 e. The van der Waals surface area contributed by atoms with Crippen LogP contribution in [0.15, 0.2) is 77.9 Å². The van der Waals surface area contributed by atoms with Crippen molar-refractivity contribution in [2.24, 2.45) is 0 Å². The molecule has 0 spiro atoms. The van der Waals surface area contributed by atoms with Gasteiger partial charge in [0.1, 0.15) is 11.5 Å². The van der Waals surface area contributed by atoms with E-state index in [-0.39, 0.29) is 0 Å². The number of benzene rings is 2. The molecule has 24 heavy (non-hydrogen) atoms. The summed E-state index contributed by atoms with van der Waals surface area (Å²) in [7, 11) is 3.40. The van der Waals surface area contributed by atoms with Crippen molar-refractivity contribution in [3.63, 3.8) is 0 Å². The molecule has 2 aliphatic rings. The van der Waals surface area contributed by atoms with Crippen LogP contribution in [0.4, 0.5) is 0 Å². The summed E-state index contributed by atoms with van der Waals surface area (Å²) < 4.78 is 10.6. The number of allylic oxidation sites excluding steroid dienone is 6. The van der Waals surface area contributed by atoms with Gasteiger partial charge in [-0.25, -0.2) is 0 Å². The molecular weight excluding hydrogens is 296 g/mol. The number of methoxy groups -OCH3 is 2. The minimum Gasteiger partial charge on any atom is -0.497 e. The monoisotopic (exact) mass is 316 g/mol. The highest BCUT2D eigenvalue weighted by Gasteiger charge is 2.31. The maximum Gasteiger partial charge on any atom is 0.118 e. The third-order valence-electron chi connectivity index (χ3n) is 4.92. The van der Waals surface area contributed by atoms with Gasteiger partial charge >= 0.3 is 0 Å². The normalized spacial score (nSPS) is 18.6. The van der Waals surface area contributed by atoms with E-state index in [9.17, 15) is 0 Å². The Morgan fingerprint density at radius 2 is 1.46 bits per heavy atom. The minimum atomic E-state index is 0.415. The molecule has 0 radical (unpaired) electrons. The van der Waals surface area contributed by atoms with Crippen molar-refractivity contribution in [3.8, 4) is 11.5 Å². The molecule has 0 aromatic heterocycles. The fourth-order valence-corrected chi connectivity index (χ4v) is 3.64. The highest BCUT2D eigenvalue weighted by Crippen LogP contribution is 2.49. The van der Waals surface area contributed by atoms with Crippen LogP contribution in [-0.4, -0.2) is 14.2 Å². The maximum atomic E-state index is 5.28. The summed E-state index contributed by atoms with van der Waals surface area (Å²) in [6.45, 7) is 0. The maximum absolute atomic E-state index is 5.28. The Bertz CT molecular complexity index is 837. The van der Waals surface area contributed by atoms with E-state index in [2.05, 4.69) is 42.5 Å². The van der Waals surface area contributed by atoms with Crippen molar-refractivity contribution in [3.05, 3.63) is 89.0 Å². The first-order valence-corrected chi connectivity index (χ1v) is 8.20. The SMILES string of the molecule is COc1ccc(C2=C3C=CC=C3C(c3ccc(OC)cc3)C2)cc1. The molecule has 0 amide bonds. The van der Waals surface area contributed by atoms with Gasteiger partial charge in [0.15, 0.2) is 0 Å². The van der Waals surface area contributed by atoms with Crippen molar-refractivity contribution >= 4 is 5.57 Å². The van der Waals surface area contributed by atoms with Gasteiger partial charge in [-0.2, -0.15) is 0 Å². The average molecular weight is 316 g/mol. The lowest BCUT2D eigenvalue weighted by atomic mass is 9.91. The standard InChI is InChI=1S/C22H20O2/c1-23-17-10-6-15(7-11-17)21-14-22(20-5-3-4-19(20)21)16-8-12-18(24-2)13-9-16/h3-13,21H,14H2,1-2H3. The smallest absolute Gasteiger partial charge is 0.118 e. The van der Waals surface area contributed by atoms with Gasteiger partial charge in [0.2, 0.25) is 0 Å². The summed E-state index contributed by atoms with van der Waals surface area (Å²) in [5, 5.41) is 0. The summed E-state index contributed by atoms with van der Waals surface area (Å²) in [6, 6.07) is 16.8. The summed E-state index contributed by atoms with van der Waals surface area (Å²) in [5.41, 5.74) is 6.83. The summed E-state index contributed by atoms with van der Waals surface area (Å²) in [5.74, 6) is 2.21. The second-order valence-corrected chi connectivity index (χ2v) is 6.13. The van der Waals surface area contributed by atoms with Crippen LogP contribution in [0.3, 0.4) is 0 Å². The van der Waals surface area contributed by atoms with Crippen molar-refractivity contribution in [2.45, 2.75) is 12.3 Å². The lowest BCUT2D eigenvalue weighted by molar-refractivity contribution is 0.414. The number of rotatable bonds is 4. The molecule has 1 unspecified atom stereocenters. The Kier molecular flexibility index (Phi) is 3.73. The number of fused-ring (bicyclic) bond motifs is 1. The van der Waals surface area contributed by atoms with E-state index in [4.69, 9.17) is 9.47 Å². The van der Waals surface area contributed by atoms with E-state index in [0.29, 0.717) is 5.92 Å². The van der Waals surface area contributed by atoms with Crippen LogP contribution in [0, 0.1) is 0 Å². The molecule has 0 saturated heterocycles. The van der Waals surface area contributed by atoms with E-state index in [1.807, 2.05) is 24.3 Å². The predicted octanol–water partition coefficient (Wildman–Crippen LogP) is 5.14. The van der Waals surface area contributed by atoms with Gasteiger partial charge in [-0.1, -0.05) is 42.5 Å². The number of hydrogen-bond donors (Lipinski definition) is 0. The average Bonchev–Trinajstić information content (AvgIpc) is 3.24. The molecule has 2 aromatic rings. The molecule has 0 fully saturated rings. The summed E-state index contributed by atoms with van der Waals surface area (Å²) in [4.78, 5) is 0. The van der Waals surface area contributed by atoms with Crippen LogP contribution >= 0.6 is 0 Å². The van der Waals surface area contributed by atoms with E-state index >= 15 is 0 Å². The van der Waals surface area contributed by atoms with Gasteiger partial charge in [-0.05, 0) is 58.5 Å². The quantitative estimate of drug-likeness (QED) is 0.777. The molecule has 0 N–H and O–H groups in total. The van der Waals surface area contributed by atoms with E-state index in [1.54, 1.807) is 14.2 Å². The zero-order valence-corrected chi connectivity index (χ0v) is 14.0. The Hall–Kier alpha value is -2.74. The molecule has 0 aliphatic heterocycles. The van der Waals surface area contributed by atoms with Gasteiger partial charge in [-0.3, -0.25) is 0 Å². The second-order valence-electron chi connectivity index (χ2n) is 6.13. The van der Waals surface area contributed by atoms with Crippen LogP contribution in [0.1, 0.15) is 23.5 Å². The van der Waals surface area contributed by atoms with Crippen LogP contribution in [-0.2, 0) is 0 Å².